The summed E-state index contributed by atoms with van der Waals surface area (Å²) in [7, 11) is 0. The van der Waals surface area contributed by atoms with Crippen molar-refractivity contribution in [2.45, 2.75) is 52.9 Å². The molecular weight excluding hydrogens is 619 g/mol. The molecule has 0 radical (unpaired) electrons. The van der Waals surface area contributed by atoms with E-state index in [2.05, 4.69) is 130 Å². The summed E-state index contributed by atoms with van der Waals surface area (Å²) in [5.41, 5.74) is 10.5. The molecule has 0 saturated heterocycles. The number of hydrogen-bond donors (Lipinski definition) is 0. The van der Waals surface area contributed by atoms with Gasteiger partial charge in [-0.05, 0) is 0 Å². The molecule has 41 heavy (non-hydrogen) atoms. The number of hydrogen-bond acceptors (Lipinski definition) is 0. The Bertz CT molecular complexity index is 1650. The molecule has 1 unspecified atom stereocenters. The SMILES string of the molecule is CCCC1(CC)C=CC2=c3ccc(CC)cc3=[C]([Zr+2]=[C](c3ccccc3)c3ccccc3)C2=C1C1=CC=CC1.[Cl-].[Cl-]. The van der Waals surface area contributed by atoms with E-state index in [1.807, 2.05) is 0 Å². The van der Waals surface area contributed by atoms with Crippen molar-refractivity contribution in [3.63, 3.8) is 0 Å². The van der Waals surface area contributed by atoms with Crippen LogP contribution in [0, 0.1) is 5.41 Å². The molecule has 1 atom stereocenters. The van der Waals surface area contributed by atoms with Crippen molar-refractivity contribution < 1.29 is 47.6 Å². The van der Waals surface area contributed by atoms with Gasteiger partial charge in [-0.15, -0.1) is 0 Å². The van der Waals surface area contributed by atoms with Crippen molar-refractivity contribution in [2.75, 3.05) is 0 Å². The van der Waals surface area contributed by atoms with Gasteiger partial charge in [-0.3, -0.25) is 0 Å². The molecule has 6 rings (SSSR count). The third-order valence-electron chi connectivity index (χ3n) is 8.68. The predicted molar refractivity (Wildman–Crippen MR) is 164 cm³/mol. The fraction of sp³-hybridized carbons (Fsp3) is 0.237. The molecule has 0 fully saturated rings. The smallest absolute Gasteiger partial charge is 1.00 e. The van der Waals surface area contributed by atoms with Gasteiger partial charge in [-0.25, -0.2) is 0 Å². The first kappa shape index (κ1) is 31.6. The van der Waals surface area contributed by atoms with Crippen LogP contribution in [0.15, 0.2) is 126 Å². The third kappa shape index (κ3) is 5.84. The molecule has 0 N–H and O–H groups in total. The van der Waals surface area contributed by atoms with E-state index in [0.29, 0.717) is 0 Å². The number of fused-ring (bicyclic) bond motifs is 2. The summed E-state index contributed by atoms with van der Waals surface area (Å²) < 4.78 is 3.24. The summed E-state index contributed by atoms with van der Waals surface area (Å²) >= 11 is -1.24. The molecule has 3 aromatic carbocycles. The second-order valence-corrected chi connectivity index (χ2v) is 14.0. The second kappa shape index (κ2) is 13.8. The average Bonchev–Trinajstić information content (AvgIpc) is 3.63. The number of allylic oxidation sites excluding steroid dienone is 8. The van der Waals surface area contributed by atoms with Crippen LogP contribution in [0.4, 0.5) is 0 Å². The van der Waals surface area contributed by atoms with E-state index >= 15 is 0 Å². The van der Waals surface area contributed by atoms with E-state index < -0.39 is 22.8 Å². The van der Waals surface area contributed by atoms with Gasteiger partial charge >= 0.3 is 246 Å². The van der Waals surface area contributed by atoms with Crippen molar-refractivity contribution >= 4 is 12.1 Å². The summed E-state index contributed by atoms with van der Waals surface area (Å²) in [6.45, 7) is 7.03. The topological polar surface area (TPSA) is 0 Å². The molecule has 3 aliphatic rings. The normalized spacial score (nSPS) is 18.3. The number of benzene rings is 3. The minimum Gasteiger partial charge on any atom is -1.00 e. The van der Waals surface area contributed by atoms with Crippen LogP contribution in [0.1, 0.15) is 63.1 Å². The maximum Gasteiger partial charge on any atom is -1.00 e. The van der Waals surface area contributed by atoms with Crippen LogP contribution in [0.25, 0.3) is 8.85 Å². The van der Waals surface area contributed by atoms with Gasteiger partial charge in [0.2, 0.25) is 0 Å². The van der Waals surface area contributed by atoms with Gasteiger partial charge in [0, 0.05) is 0 Å². The third-order valence-corrected chi connectivity index (χ3v) is 12.6. The minimum absolute atomic E-state index is 0. The fourth-order valence-corrected chi connectivity index (χ4v) is 10.6. The molecule has 0 bridgehead atoms. The maximum atomic E-state index is 2.58. The van der Waals surface area contributed by atoms with Crippen LogP contribution in [0.2, 0.25) is 0 Å². The Morgan fingerprint density at radius 3 is 2.07 bits per heavy atom. The molecule has 3 aromatic rings. The van der Waals surface area contributed by atoms with Crippen LogP contribution < -0.4 is 35.3 Å². The molecule has 0 aliphatic heterocycles. The van der Waals surface area contributed by atoms with Crippen LogP contribution in [0.3, 0.4) is 0 Å². The monoisotopic (exact) mass is 653 g/mol. The average molecular weight is 656 g/mol. The van der Waals surface area contributed by atoms with E-state index in [1.165, 1.54) is 51.1 Å². The quantitative estimate of drug-likeness (QED) is 0.348. The Balaban J connectivity index is 0.00000194. The zero-order chi connectivity index (χ0) is 26.8. The summed E-state index contributed by atoms with van der Waals surface area (Å²) in [4.78, 5) is 0. The van der Waals surface area contributed by atoms with Gasteiger partial charge < -0.3 is 24.8 Å². The molecule has 0 saturated carbocycles. The van der Waals surface area contributed by atoms with Gasteiger partial charge in [0.05, 0.1) is 0 Å². The van der Waals surface area contributed by atoms with Gasteiger partial charge in [0.25, 0.3) is 0 Å². The number of rotatable bonds is 8. The molecule has 0 spiro atoms. The van der Waals surface area contributed by atoms with Gasteiger partial charge in [-0.1, -0.05) is 0 Å². The molecule has 0 heterocycles. The summed E-state index contributed by atoms with van der Waals surface area (Å²) in [6, 6.07) is 29.7. The van der Waals surface area contributed by atoms with E-state index in [0.717, 1.165) is 19.3 Å². The number of aryl methyl sites for hydroxylation is 1. The summed E-state index contributed by atoms with van der Waals surface area (Å²) in [5.74, 6) is 0. The van der Waals surface area contributed by atoms with Crippen LogP contribution >= 0.6 is 0 Å². The molecular formula is C38H37Cl2Zr. The largest absolute Gasteiger partial charge is 1.00 e. The fourth-order valence-electron chi connectivity index (χ4n) is 6.68. The summed E-state index contributed by atoms with van der Waals surface area (Å²) in [5, 5.41) is 2.95. The van der Waals surface area contributed by atoms with Gasteiger partial charge in [-0.2, -0.15) is 0 Å². The van der Waals surface area contributed by atoms with Gasteiger partial charge in [0.1, 0.15) is 0 Å². The molecule has 207 valence electrons. The molecule has 0 nitrogen and oxygen atoms in total. The Hall–Kier alpha value is -2.31. The first-order chi connectivity index (χ1) is 19.2. The van der Waals surface area contributed by atoms with E-state index in [1.54, 1.807) is 17.6 Å². The van der Waals surface area contributed by atoms with Gasteiger partial charge in [0.15, 0.2) is 0 Å². The van der Waals surface area contributed by atoms with E-state index in [9.17, 15) is 0 Å². The van der Waals surface area contributed by atoms with Crippen LogP contribution in [-0.2, 0) is 29.2 Å². The minimum atomic E-state index is -1.24. The summed E-state index contributed by atoms with van der Waals surface area (Å²) in [6.07, 6.45) is 17.8. The van der Waals surface area contributed by atoms with Crippen molar-refractivity contribution in [3.05, 3.63) is 153 Å². The van der Waals surface area contributed by atoms with Crippen molar-refractivity contribution in [1.29, 1.82) is 0 Å². The Morgan fingerprint density at radius 2 is 1.51 bits per heavy atom. The second-order valence-electron chi connectivity index (χ2n) is 10.9. The van der Waals surface area contributed by atoms with Crippen LogP contribution in [0.5, 0.6) is 0 Å². The zero-order valence-electron chi connectivity index (χ0n) is 24.2. The van der Waals surface area contributed by atoms with Crippen molar-refractivity contribution in [1.82, 2.24) is 0 Å². The maximum absolute atomic E-state index is 2.58. The predicted octanol–water partition coefficient (Wildman–Crippen LogP) is 1.83. The van der Waals surface area contributed by atoms with Crippen LogP contribution in [-0.4, -0.2) is 3.21 Å². The Kier molecular flexibility index (Phi) is 10.6. The Labute approximate surface area is 269 Å². The zero-order valence-corrected chi connectivity index (χ0v) is 28.2. The van der Waals surface area contributed by atoms with Crippen molar-refractivity contribution in [3.8, 4) is 0 Å². The van der Waals surface area contributed by atoms with E-state index in [-0.39, 0.29) is 30.2 Å². The molecule has 0 aromatic heterocycles. The van der Waals surface area contributed by atoms with Crippen molar-refractivity contribution in [2.24, 2.45) is 5.41 Å². The van der Waals surface area contributed by atoms with E-state index in [4.69, 9.17) is 0 Å². The first-order valence-electron chi connectivity index (χ1n) is 14.6. The number of halogens is 2. The first-order valence-corrected chi connectivity index (χ1v) is 17.1. The molecule has 3 aliphatic carbocycles. The molecule has 0 amide bonds. The molecule has 3 heteroatoms. The Morgan fingerprint density at radius 1 is 0.829 bits per heavy atom. The standard InChI is InChI=1S/C25H27.C13H10.2ClH.Zr/c1-4-14-25(6-3)15-13-22-21-12-11-18(5-2)16-20(21)17-23(22)24(25)19-9-7-8-10-19;1-3-7-12(8-4-1)11-13-9-5-2-6-10-13;;;/h7-9,11-13,15-16H,4-6,10,14H2,1-3H3;1-10H;2*1H;/q;;;;+2/p-2.